The maximum atomic E-state index is 5.56. The second-order valence-electron chi connectivity index (χ2n) is 3.23. The highest BCUT2D eigenvalue weighted by Gasteiger charge is 1.93. The van der Waals surface area contributed by atoms with Crippen LogP contribution in [0.2, 0.25) is 0 Å². The molecule has 0 atom stereocenters. The number of rotatable bonds is 8. The summed E-state index contributed by atoms with van der Waals surface area (Å²) in [6.45, 7) is 5.04. The van der Waals surface area contributed by atoms with E-state index in [4.69, 9.17) is 19.9 Å². The van der Waals surface area contributed by atoms with E-state index >= 15 is 0 Å². The van der Waals surface area contributed by atoms with Gasteiger partial charge in [0.05, 0.1) is 19.8 Å². The van der Waals surface area contributed by atoms with Gasteiger partial charge in [-0.2, -0.15) is 0 Å². The van der Waals surface area contributed by atoms with E-state index < -0.39 is 0 Å². The van der Waals surface area contributed by atoms with Gasteiger partial charge >= 0.3 is 0 Å². The molecule has 0 spiro atoms. The van der Waals surface area contributed by atoms with Gasteiger partial charge in [0.1, 0.15) is 12.4 Å². The molecule has 0 aromatic heterocycles. The summed E-state index contributed by atoms with van der Waals surface area (Å²) in [5.74, 6) is 0.808. The molecule has 0 heterocycles. The average molecular weight is 225 g/mol. The number of nitrogens with two attached hydrogens (primary N) is 1. The summed E-state index contributed by atoms with van der Waals surface area (Å²) in [5, 5.41) is 0. The van der Waals surface area contributed by atoms with Gasteiger partial charge in [-0.05, 0) is 31.2 Å². The first-order valence-corrected chi connectivity index (χ1v) is 5.46. The molecule has 90 valence electrons. The van der Waals surface area contributed by atoms with Crippen molar-refractivity contribution in [3.8, 4) is 5.75 Å². The highest BCUT2D eigenvalue weighted by molar-refractivity contribution is 5.41. The van der Waals surface area contributed by atoms with Gasteiger partial charge in [-0.25, -0.2) is 0 Å². The normalized spacial score (nSPS) is 10.3. The van der Waals surface area contributed by atoms with Crippen LogP contribution in [0.5, 0.6) is 5.75 Å². The summed E-state index contributed by atoms with van der Waals surface area (Å²) in [6, 6.07) is 7.31. The van der Waals surface area contributed by atoms with Crippen molar-refractivity contribution in [1.82, 2.24) is 0 Å². The van der Waals surface area contributed by atoms with Gasteiger partial charge in [-0.15, -0.1) is 0 Å². The zero-order valence-corrected chi connectivity index (χ0v) is 9.65. The SMILES string of the molecule is CCOCCOCCOc1ccc(N)cc1. The molecule has 0 saturated carbocycles. The number of benzene rings is 1. The molecule has 0 bridgehead atoms. The van der Waals surface area contributed by atoms with Crippen LogP contribution in [0.3, 0.4) is 0 Å². The Bertz CT molecular complexity index is 274. The van der Waals surface area contributed by atoms with E-state index in [9.17, 15) is 0 Å². The van der Waals surface area contributed by atoms with Gasteiger partial charge in [0.2, 0.25) is 0 Å². The zero-order valence-electron chi connectivity index (χ0n) is 9.65. The number of hydrogen-bond donors (Lipinski definition) is 1. The number of anilines is 1. The van der Waals surface area contributed by atoms with Crippen molar-refractivity contribution in [2.75, 3.05) is 38.8 Å². The van der Waals surface area contributed by atoms with Crippen molar-refractivity contribution in [3.05, 3.63) is 24.3 Å². The van der Waals surface area contributed by atoms with Crippen molar-refractivity contribution in [3.63, 3.8) is 0 Å². The summed E-state index contributed by atoms with van der Waals surface area (Å²) in [7, 11) is 0. The lowest BCUT2D eigenvalue weighted by atomic mass is 10.3. The van der Waals surface area contributed by atoms with Crippen LogP contribution < -0.4 is 10.5 Å². The highest BCUT2D eigenvalue weighted by Crippen LogP contribution is 2.12. The van der Waals surface area contributed by atoms with Crippen molar-refractivity contribution < 1.29 is 14.2 Å². The Morgan fingerprint density at radius 2 is 1.56 bits per heavy atom. The Balaban J connectivity index is 2.01. The fraction of sp³-hybridized carbons (Fsp3) is 0.500. The first kappa shape index (κ1) is 12.8. The molecule has 2 N–H and O–H groups in total. The van der Waals surface area contributed by atoms with Gasteiger partial charge in [0, 0.05) is 12.3 Å². The molecule has 0 saturated heterocycles. The van der Waals surface area contributed by atoms with Gasteiger partial charge < -0.3 is 19.9 Å². The van der Waals surface area contributed by atoms with Crippen LogP contribution in [-0.2, 0) is 9.47 Å². The Morgan fingerprint density at radius 3 is 2.25 bits per heavy atom. The number of nitrogen functional groups attached to an aromatic ring is 1. The minimum absolute atomic E-state index is 0.538. The molecule has 4 nitrogen and oxygen atoms in total. The maximum absolute atomic E-state index is 5.56. The number of ether oxygens (including phenoxy) is 3. The third-order valence-electron chi connectivity index (χ3n) is 1.95. The van der Waals surface area contributed by atoms with Crippen LogP contribution >= 0.6 is 0 Å². The Labute approximate surface area is 96.3 Å². The van der Waals surface area contributed by atoms with E-state index in [-0.39, 0.29) is 0 Å². The van der Waals surface area contributed by atoms with Crippen LogP contribution in [0.4, 0.5) is 5.69 Å². The smallest absolute Gasteiger partial charge is 0.119 e. The first-order chi connectivity index (χ1) is 7.83. The van der Waals surface area contributed by atoms with Gasteiger partial charge in [-0.1, -0.05) is 0 Å². The van der Waals surface area contributed by atoms with Gasteiger partial charge in [0.15, 0.2) is 0 Å². The molecule has 16 heavy (non-hydrogen) atoms. The lowest BCUT2D eigenvalue weighted by molar-refractivity contribution is 0.0405. The molecule has 0 radical (unpaired) electrons. The topological polar surface area (TPSA) is 53.7 Å². The third-order valence-corrected chi connectivity index (χ3v) is 1.95. The fourth-order valence-electron chi connectivity index (χ4n) is 1.15. The summed E-state index contributed by atoms with van der Waals surface area (Å²) < 4.78 is 15.9. The molecule has 0 fully saturated rings. The standard InChI is InChI=1S/C12H19NO3/c1-2-14-7-8-15-9-10-16-12-5-3-11(13)4-6-12/h3-6H,2,7-10,13H2,1H3. The van der Waals surface area contributed by atoms with Gasteiger partial charge in [-0.3, -0.25) is 0 Å². The van der Waals surface area contributed by atoms with E-state index in [2.05, 4.69) is 0 Å². The Morgan fingerprint density at radius 1 is 0.938 bits per heavy atom. The monoisotopic (exact) mass is 225 g/mol. The molecule has 4 heteroatoms. The highest BCUT2D eigenvalue weighted by atomic mass is 16.5. The predicted molar refractivity (Wildman–Crippen MR) is 63.7 cm³/mol. The predicted octanol–water partition coefficient (Wildman–Crippen LogP) is 1.70. The summed E-state index contributed by atoms with van der Waals surface area (Å²) in [6.07, 6.45) is 0. The van der Waals surface area contributed by atoms with E-state index in [1.54, 1.807) is 0 Å². The van der Waals surface area contributed by atoms with Crippen LogP contribution in [0.15, 0.2) is 24.3 Å². The van der Waals surface area contributed by atoms with Crippen LogP contribution in [0.25, 0.3) is 0 Å². The molecule has 0 amide bonds. The summed E-state index contributed by atoms with van der Waals surface area (Å²) >= 11 is 0. The molecule has 0 aliphatic rings. The second-order valence-corrected chi connectivity index (χ2v) is 3.23. The van der Waals surface area contributed by atoms with Crippen molar-refractivity contribution in [2.45, 2.75) is 6.92 Å². The van der Waals surface area contributed by atoms with Crippen LogP contribution in [-0.4, -0.2) is 33.0 Å². The average Bonchev–Trinajstić information content (AvgIpc) is 2.30. The van der Waals surface area contributed by atoms with Crippen molar-refractivity contribution in [1.29, 1.82) is 0 Å². The fourth-order valence-corrected chi connectivity index (χ4v) is 1.15. The lowest BCUT2D eigenvalue weighted by Gasteiger charge is -2.07. The lowest BCUT2D eigenvalue weighted by Crippen LogP contribution is -2.10. The quantitative estimate of drug-likeness (QED) is 0.540. The molecule has 1 rings (SSSR count). The van der Waals surface area contributed by atoms with Crippen molar-refractivity contribution in [2.24, 2.45) is 0 Å². The largest absolute Gasteiger partial charge is 0.491 e. The second kappa shape index (κ2) is 7.96. The third kappa shape index (κ3) is 5.58. The Kier molecular flexibility index (Phi) is 6.37. The molecule has 1 aromatic carbocycles. The summed E-state index contributed by atoms with van der Waals surface area (Å²) in [5.41, 5.74) is 6.29. The van der Waals surface area contributed by atoms with Crippen molar-refractivity contribution >= 4 is 5.69 Å². The van der Waals surface area contributed by atoms with Crippen LogP contribution in [0, 0.1) is 0 Å². The minimum atomic E-state index is 0.538. The minimum Gasteiger partial charge on any atom is -0.491 e. The van der Waals surface area contributed by atoms with E-state index in [0.717, 1.165) is 18.0 Å². The molecule has 1 aromatic rings. The summed E-state index contributed by atoms with van der Waals surface area (Å²) in [4.78, 5) is 0. The first-order valence-electron chi connectivity index (χ1n) is 5.46. The molecule has 0 aliphatic carbocycles. The Hall–Kier alpha value is -1.26. The molecule has 0 aliphatic heterocycles. The molecular formula is C12H19NO3. The van der Waals surface area contributed by atoms with E-state index in [0.29, 0.717) is 26.4 Å². The number of hydrogen-bond acceptors (Lipinski definition) is 4. The molecule has 0 unspecified atom stereocenters. The van der Waals surface area contributed by atoms with E-state index in [1.165, 1.54) is 0 Å². The maximum Gasteiger partial charge on any atom is 0.119 e. The zero-order chi connectivity index (χ0) is 11.6. The van der Waals surface area contributed by atoms with Crippen LogP contribution in [0.1, 0.15) is 6.92 Å². The van der Waals surface area contributed by atoms with Gasteiger partial charge in [0.25, 0.3) is 0 Å². The van der Waals surface area contributed by atoms with E-state index in [1.807, 2.05) is 31.2 Å². The molecular weight excluding hydrogens is 206 g/mol.